The van der Waals surface area contributed by atoms with Crippen LogP contribution in [0, 0.1) is 29.1 Å². The number of amides is 2. The molecule has 0 aromatic heterocycles. The molecule has 26 heavy (non-hydrogen) atoms. The maximum atomic E-state index is 13.5. The van der Waals surface area contributed by atoms with E-state index in [0.717, 1.165) is 36.1 Å². The quantitative estimate of drug-likeness (QED) is 0.642. The van der Waals surface area contributed by atoms with Crippen molar-refractivity contribution in [3.63, 3.8) is 0 Å². The summed E-state index contributed by atoms with van der Waals surface area (Å²) in [4.78, 5) is 24.6. The van der Waals surface area contributed by atoms with Crippen molar-refractivity contribution in [2.24, 2.45) is 0 Å². The summed E-state index contributed by atoms with van der Waals surface area (Å²) in [7, 11) is 0. The van der Waals surface area contributed by atoms with Crippen molar-refractivity contribution in [1.82, 2.24) is 0 Å². The minimum absolute atomic E-state index is 0.0307. The first kappa shape index (κ1) is 19.4. The molecule has 0 aliphatic heterocycles. The largest absolute Gasteiger partial charge is 0.323 e. The highest BCUT2D eigenvalue weighted by atomic mass is 19.2. The SMILES string of the molecule is CC(=O)N(CCC(=O)Nc1ccc(F)c(F)c1F)c1ccc(F)c(F)c1. The lowest BCUT2D eigenvalue weighted by Crippen LogP contribution is -2.32. The number of carbonyl (C=O) groups is 2. The Morgan fingerprint density at radius 3 is 2.19 bits per heavy atom. The van der Waals surface area contributed by atoms with E-state index >= 15 is 0 Å². The number of nitrogens with one attached hydrogen (secondary N) is 1. The van der Waals surface area contributed by atoms with Crippen LogP contribution < -0.4 is 10.2 Å². The lowest BCUT2D eigenvalue weighted by molar-refractivity contribution is -0.117. The molecule has 2 aromatic carbocycles. The first-order valence-corrected chi connectivity index (χ1v) is 7.37. The second-order valence-electron chi connectivity index (χ2n) is 5.29. The third-order valence-electron chi connectivity index (χ3n) is 3.47. The van der Waals surface area contributed by atoms with Crippen LogP contribution in [0.4, 0.5) is 33.3 Å². The van der Waals surface area contributed by atoms with Gasteiger partial charge < -0.3 is 10.2 Å². The van der Waals surface area contributed by atoms with Gasteiger partial charge in [0, 0.05) is 31.6 Å². The predicted octanol–water partition coefficient (Wildman–Crippen LogP) is 3.76. The van der Waals surface area contributed by atoms with E-state index in [0.29, 0.717) is 6.07 Å². The van der Waals surface area contributed by atoms with Crippen LogP contribution in [0.15, 0.2) is 30.3 Å². The van der Waals surface area contributed by atoms with Crippen LogP contribution in [0.3, 0.4) is 0 Å². The number of carbonyl (C=O) groups excluding carboxylic acids is 2. The summed E-state index contributed by atoms with van der Waals surface area (Å²) in [5, 5.41) is 2.05. The third-order valence-corrected chi connectivity index (χ3v) is 3.47. The normalized spacial score (nSPS) is 10.5. The summed E-state index contributed by atoms with van der Waals surface area (Å²) in [6.07, 6.45) is -0.350. The Labute approximate surface area is 145 Å². The van der Waals surface area contributed by atoms with Gasteiger partial charge in [0.2, 0.25) is 11.8 Å². The zero-order valence-corrected chi connectivity index (χ0v) is 13.5. The summed E-state index contributed by atoms with van der Waals surface area (Å²) in [5.41, 5.74) is -0.528. The summed E-state index contributed by atoms with van der Waals surface area (Å²) < 4.78 is 65.8. The lowest BCUT2D eigenvalue weighted by atomic mass is 10.2. The zero-order valence-electron chi connectivity index (χ0n) is 13.5. The van der Waals surface area contributed by atoms with E-state index in [1.165, 1.54) is 0 Å². The lowest BCUT2D eigenvalue weighted by Gasteiger charge is -2.21. The number of rotatable bonds is 5. The fraction of sp³-hybridized carbons (Fsp3) is 0.176. The molecule has 2 aromatic rings. The van der Waals surface area contributed by atoms with Gasteiger partial charge in [-0.25, -0.2) is 22.0 Å². The van der Waals surface area contributed by atoms with E-state index in [-0.39, 0.29) is 18.7 Å². The van der Waals surface area contributed by atoms with Crippen LogP contribution in [0.1, 0.15) is 13.3 Å². The van der Waals surface area contributed by atoms with Crippen LogP contribution in [0.25, 0.3) is 0 Å². The fourth-order valence-electron chi connectivity index (χ4n) is 2.17. The first-order valence-electron chi connectivity index (χ1n) is 7.37. The molecule has 4 nitrogen and oxygen atoms in total. The molecule has 0 saturated carbocycles. The Morgan fingerprint density at radius 1 is 0.923 bits per heavy atom. The Bertz CT molecular complexity index is 857. The van der Waals surface area contributed by atoms with Gasteiger partial charge in [0.25, 0.3) is 0 Å². The predicted molar refractivity (Wildman–Crippen MR) is 83.9 cm³/mol. The van der Waals surface area contributed by atoms with E-state index in [1.807, 2.05) is 0 Å². The van der Waals surface area contributed by atoms with E-state index in [9.17, 15) is 31.5 Å². The van der Waals surface area contributed by atoms with E-state index in [1.54, 1.807) is 0 Å². The molecule has 0 saturated heterocycles. The van der Waals surface area contributed by atoms with Gasteiger partial charge in [0.15, 0.2) is 29.1 Å². The summed E-state index contributed by atoms with van der Waals surface area (Å²) in [5.74, 6) is -8.27. The highest BCUT2D eigenvalue weighted by molar-refractivity contribution is 5.94. The van der Waals surface area contributed by atoms with Gasteiger partial charge >= 0.3 is 0 Å². The molecule has 9 heteroatoms. The average Bonchev–Trinajstić information content (AvgIpc) is 2.58. The number of halogens is 5. The topological polar surface area (TPSA) is 49.4 Å². The molecule has 0 fully saturated rings. The van der Waals surface area contributed by atoms with Gasteiger partial charge in [-0.1, -0.05) is 0 Å². The number of hydrogen-bond acceptors (Lipinski definition) is 2. The molecule has 0 bridgehead atoms. The van der Waals surface area contributed by atoms with Crippen LogP contribution in [-0.4, -0.2) is 18.4 Å². The molecule has 0 radical (unpaired) electrons. The molecule has 0 atom stereocenters. The van der Waals surface area contributed by atoms with Crippen LogP contribution in [0.5, 0.6) is 0 Å². The Kier molecular flexibility index (Phi) is 5.91. The molecular weight excluding hydrogens is 359 g/mol. The third kappa shape index (κ3) is 4.35. The maximum absolute atomic E-state index is 13.5. The van der Waals surface area contributed by atoms with Crippen molar-refractivity contribution in [2.45, 2.75) is 13.3 Å². The molecule has 0 heterocycles. The highest BCUT2D eigenvalue weighted by Gasteiger charge is 2.18. The molecule has 2 amide bonds. The fourth-order valence-corrected chi connectivity index (χ4v) is 2.17. The van der Waals surface area contributed by atoms with Gasteiger partial charge in [-0.3, -0.25) is 9.59 Å². The Balaban J connectivity index is 2.07. The van der Waals surface area contributed by atoms with Crippen molar-refractivity contribution in [3.05, 3.63) is 59.4 Å². The molecule has 0 aliphatic carbocycles. The summed E-state index contributed by atoms with van der Waals surface area (Å²) >= 11 is 0. The van der Waals surface area contributed by atoms with Crippen molar-refractivity contribution >= 4 is 23.2 Å². The van der Waals surface area contributed by atoms with Crippen LogP contribution >= 0.6 is 0 Å². The number of hydrogen-bond donors (Lipinski definition) is 1. The van der Waals surface area contributed by atoms with E-state index < -0.39 is 46.6 Å². The minimum atomic E-state index is -1.73. The van der Waals surface area contributed by atoms with Crippen molar-refractivity contribution < 1.29 is 31.5 Å². The van der Waals surface area contributed by atoms with Gasteiger partial charge in [0.1, 0.15) is 0 Å². The Hall–Kier alpha value is -2.97. The molecule has 0 spiro atoms. The molecule has 2 rings (SSSR count). The second kappa shape index (κ2) is 7.94. The van der Waals surface area contributed by atoms with Crippen molar-refractivity contribution in [2.75, 3.05) is 16.8 Å². The standard InChI is InChI=1S/C17H13F5N2O2/c1-9(25)24(10-2-3-11(18)13(20)8-10)7-6-15(26)23-14-5-4-12(19)16(21)17(14)22/h2-5,8H,6-7H2,1H3,(H,23,26). The van der Waals surface area contributed by atoms with Crippen LogP contribution in [-0.2, 0) is 9.59 Å². The molecule has 1 N–H and O–H groups in total. The van der Waals surface area contributed by atoms with Gasteiger partial charge in [-0.2, -0.15) is 0 Å². The molecule has 138 valence electrons. The minimum Gasteiger partial charge on any atom is -0.323 e. The van der Waals surface area contributed by atoms with Crippen LogP contribution in [0.2, 0.25) is 0 Å². The van der Waals surface area contributed by atoms with Gasteiger partial charge in [0.05, 0.1) is 5.69 Å². The average molecular weight is 372 g/mol. The van der Waals surface area contributed by atoms with Gasteiger partial charge in [-0.15, -0.1) is 0 Å². The van der Waals surface area contributed by atoms with Crippen molar-refractivity contribution in [1.29, 1.82) is 0 Å². The summed E-state index contributed by atoms with van der Waals surface area (Å²) in [6.45, 7) is 0.936. The van der Waals surface area contributed by atoms with Gasteiger partial charge in [-0.05, 0) is 24.3 Å². The Morgan fingerprint density at radius 2 is 1.58 bits per heavy atom. The smallest absolute Gasteiger partial charge is 0.226 e. The molecule has 0 aliphatic rings. The van der Waals surface area contributed by atoms with Crippen molar-refractivity contribution in [3.8, 4) is 0 Å². The number of benzene rings is 2. The summed E-state index contributed by atoms with van der Waals surface area (Å²) in [6, 6.07) is 4.29. The monoisotopic (exact) mass is 372 g/mol. The number of anilines is 2. The molecular formula is C17H13F5N2O2. The van der Waals surface area contributed by atoms with E-state index in [4.69, 9.17) is 0 Å². The second-order valence-corrected chi connectivity index (χ2v) is 5.29. The maximum Gasteiger partial charge on any atom is 0.226 e. The zero-order chi connectivity index (χ0) is 19.4. The van der Waals surface area contributed by atoms with E-state index in [2.05, 4.69) is 5.32 Å². The number of nitrogens with zero attached hydrogens (tertiary/aromatic N) is 1. The first-order chi connectivity index (χ1) is 12.2. The molecule has 0 unspecified atom stereocenters. The highest BCUT2D eigenvalue weighted by Crippen LogP contribution is 2.21.